The lowest BCUT2D eigenvalue weighted by Crippen LogP contribution is -2.14. The minimum absolute atomic E-state index is 0.102. The number of thiophene rings is 1. The fraction of sp³-hybridized carbons (Fsp3) is 0.0833. The largest absolute Gasteiger partial charge is 0.397 e. The van der Waals surface area contributed by atoms with Gasteiger partial charge in [0.1, 0.15) is 0 Å². The number of nitrogen functional groups attached to an aromatic ring is 1. The van der Waals surface area contributed by atoms with Crippen LogP contribution in [0.1, 0.15) is 21.6 Å². The molecule has 0 aliphatic carbocycles. The Labute approximate surface area is 190 Å². The van der Waals surface area contributed by atoms with Gasteiger partial charge in [0.15, 0.2) is 0 Å². The summed E-state index contributed by atoms with van der Waals surface area (Å²) >= 11 is 1.60. The highest BCUT2D eigenvalue weighted by molar-refractivity contribution is 7.65. The maximum atomic E-state index is 12.9. The molecule has 2 aromatic carbocycles. The predicted octanol–water partition coefficient (Wildman–Crippen LogP) is 5.05. The molecular weight excluding hydrogens is 441 g/mol. The first-order chi connectivity index (χ1) is 15.3. The Morgan fingerprint density at radius 3 is 2.62 bits per heavy atom. The summed E-state index contributed by atoms with van der Waals surface area (Å²) in [5, 5.41) is 5.24. The second-order valence-corrected chi connectivity index (χ2v) is 10.6. The van der Waals surface area contributed by atoms with Crippen molar-refractivity contribution in [2.45, 2.75) is 13.1 Å². The molecule has 0 radical (unpaired) electrons. The summed E-state index contributed by atoms with van der Waals surface area (Å²) < 4.78 is 12.9. The van der Waals surface area contributed by atoms with Crippen LogP contribution >= 0.6 is 18.7 Å². The number of amides is 1. The Morgan fingerprint density at radius 2 is 1.94 bits per heavy atom. The van der Waals surface area contributed by atoms with Crippen molar-refractivity contribution in [3.8, 4) is 10.4 Å². The van der Waals surface area contributed by atoms with Gasteiger partial charge in [-0.05, 0) is 59.8 Å². The molecule has 1 atom stereocenters. The van der Waals surface area contributed by atoms with E-state index in [4.69, 9.17) is 5.73 Å². The van der Waals surface area contributed by atoms with E-state index in [9.17, 15) is 14.3 Å². The van der Waals surface area contributed by atoms with E-state index in [-0.39, 0.29) is 12.1 Å². The van der Waals surface area contributed by atoms with Crippen LogP contribution in [0.25, 0.3) is 10.4 Å². The number of carbonyl (C=O) groups excluding carboxylic acids is 1. The molecule has 2 heterocycles. The maximum absolute atomic E-state index is 12.9. The van der Waals surface area contributed by atoms with Crippen molar-refractivity contribution in [1.29, 1.82) is 0 Å². The molecule has 0 bridgehead atoms. The predicted molar refractivity (Wildman–Crippen MR) is 131 cm³/mol. The second-order valence-electron chi connectivity index (χ2n) is 7.42. The minimum atomic E-state index is -3.61. The fourth-order valence-electron chi connectivity index (χ4n) is 3.37. The van der Waals surface area contributed by atoms with Gasteiger partial charge in [0.05, 0.1) is 28.8 Å². The monoisotopic (exact) mass is 463 g/mol. The van der Waals surface area contributed by atoms with E-state index in [1.54, 1.807) is 54.7 Å². The van der Waals surface area contributed by atoms with Crippen molar-refractivity contribution in [3.05, 3.63) is 95.1 Å². The smallest absolute Gasteiger partial charge is 0.257 e. The van der Waals surface area contributed by atoms with Gasteiger partial charge in [-0.15, -0.1) is 11.3 Å². The summed E-state index contributed by atoms with van der Waals surface area (Å²) in [5.41, 5.74) is 9.52. The number of aromatic nitrogens is 1. The lowest BCUT2D eigenvalue weighted by Gasteiger charge is -2.14. The molecule has 6 nitrogen and oxygen atoms in total. The van der Waals surface area contributed by atoms with E-state index in [0.717, 1.165) is 16.0 Å². The Balaban J connectivity index is 1.49. The van der Waals surface area contributed by atoms with Gasteiger partial charge >= 0.3 is 0 Å². The van der Waals surface area contributed by atoms with Crippen LogP contribution in [0.5, 0.6) is 0 Å². The third-order valence-corrected chi connectivity index (χ3v) is 7.99. The van der Waals surface area contributed by atoms with E-state index >= 15 is 0 Å². The fourth-order valence-corrected chi connectivity index (χ4v) is 5.83. The van der Waals surface area contributed by atoms with Crippen LogP contribution in [0.4, 0.5) is 11.4 Å². The number of benzene rings is 2. The number of carbonyl (C=O) groups is 1. The van der Waals surface area contributed by atoms with Gasteiger partial charge in [-0.3, -0.25) is 14.3 Å². The first-order valence-electron chi connectivity index (χ1n) is 9.91. The quantitative estimate of drug-likeness (QED) is 0.274. The van der Waals surface area contributed by atoms with Crippen LogP contribution < -0.4 is 16.4 Å². The zero-order valence-corrected chi connectivity index (χ0v) is 19.1. The molecule has 0 fully saturated rings. The molecule has 32 heavy (non-hydrogen) atoms. The van der Waals surface area contributed by atoms with Gasteiger partial charge in [-0.2, -0.15) is 0 Å². The van der Waals surface area contributed by atoms with Crippen LogP contribution in [0.2, 0.25) is 0 Å². The number of aryl methyl sites for hydroxylation is 1. The Bertz CT molecular complexity index is 1300. The molecule has 4 N–H and O–H groups in total. The average molecular weight is 463 g/mol. The van der Waals surface area contributed by atoms with Crippen molar-refractivity contribution in [2.24, 2.45) is 0 Å². The van der Waals surface area contributed by atoms with Gasteiger partial charge in [0, 0.05) is 16.4 Å². The minimum Gasteiger partial charge on any atom is -0.397 e. The summed E-state index contributed by atoms with van der Waals surface area (Å²) in [6, 6.07) is 19.7. The lowest BCUT2D eigenvalue weighted by atomic mass is 10.1. The molecule has 0 aliphatic heterocycles. The Hall–Kier alpha value is -3.25. The van der Waals surface area contributed by atoms with Gasteiger partial charge in [-0.25, -0.2) is 0 Å². The molecule has 1 unspecified atom stereocenters. The molecule has 8 heteroatoms. The number of nitrogens with zero attached hydrogens (tertiary/aromatic N) is 1. The number of hydrogen-bond donors (Lipinski definition) is 3. The molecule has 0 saturated carbocycles. The summed E-state index contributed by atoms with van der Waals surface area (Å²) in [5.74, 6) is -0.356. The highest BCUT2D eigenvalue weighted by Crippen LogP contribution is 2.43. The summed E-state index contributed by atoms with van der Waals surface area (Å²) in [6.07, 6.45) is 1.30. The van der Waals surface area contributed by atoms with Crippen molar-refractivity contribution in [2.75, 3.05) is 11.1 Å². The topological polar surface area (TPSA) is 105 Å². The molecule has 4 aromatic rings. The maximum Gasteiger partial charge on any atom is 0.257 e. The zero-order valence-electron chi connectivity index (χ0n) is 17.4. The number of anilines is 2. The second kappa shape index (κ2) is 9.09. The van der Waals surface area contributed by atoms with Crippen LogP contribution in [0.15, 0.2) is 78.3 Å². The van der Waals surface area contributed by atoms with E-state index in [2.05, 4.69) is 10.3 Å². The summed E-state index contributed by atoms with van der Waals surface area (Å²) in [6.45, 7) is 1.80. The lowest BCUT2D eigenvalue weighted by molar-refractivity contribution is 0.102. The average Bonchev–Trinajstić information content (AvgIpc) is 3.30. The number of rotatable bonds is 6. The molecule has 162 valence electrons. The van der Waals surface area contributed by atoms with Gasteiger partial charge in [-0.1, -0.05) is 30.3 Å². The van der Waals surface area contributed by atoms with Crippen LogP contribution in [-0.2, 0) is 10.7 Å². The van der Waals surface area contributed by atoms with E-state index in [1.165, 1.54) is 6.20 Å². The molecule has 0 spiro atoms. The van der Waals surface area contributed by atoms with Gasteiger partial charge < -0.3 is 15.9 Å². The molecule has 0 aliphatic rings. The van der Waals surface area contributed by atoms with E-state index < -0.39 is 7.37 Å². The van der Waals surface area contributed by atoms with E-state index in [0.29, 0.717) is 27.9 Å². The van der Waals surface area contributed by atoms with Crippen LogP contribution in [-0.4, -0.2) is 15.8 Å². The third-order valence-electron chi connectivity index (χ3n) is 5.06. The first kappa shape index (κ1) is 22.0. The van der Waals surface area contributed by atoms with Crippen LogP contribution in [0, 0.1) is 6.92 Å². The standard InChI is InChI=1S/C24H22N3O3PS/c1-16-5-2-3-6-22(16)31(29,30)15-19-10-8-18(14-26-19)24(28)27-21-13-17(9-11-20(21)25)23-7-4-12-32-23/h2-14H,15,25H2,1H3,(H,27,28)(H,29,30). The highest BCUT2D eigenvalue weighted by atomic mass is 32.1. The Morgan fingerprint density at radius 1 is 1.12 bits per heavy atom. The molecular formula is C24H22N3O3PS. The van der Waals surface area contributed by atoms with Gasteiger partial charge in [0.2, 0.25) is 7.37 Å². The van der Waals surface area contributed by atoms with Crippen molar-refractivity contribution in [1.82, 2.24) is 4.98 Å². The summed E-state index contributed by atoms with van der Waals surface area (Å²) in [4.78, 5) is 28.6. The number of nitrogens with one attached hydrogen (secondary N) is 1. The van der Waals surface area contributed by atoms with E-state index in [1.807, 2.05) is 35.7 Å². The first-order valence-corrected chi connectivity index (χ1v) is 12.6. The van der Waals surface area contributed by atoms with Gasteiger partial charge in [0.25, 0.3) is 5.91 Å². The van der Waals surface area contributed by atoms with Crippen LogP contribution in [0.3, 0.4) is 0 Å². The normalized spacial score (nSPS) is 12.8. The van der Waals surface area contributed by atoms with Crippen molar-refractivity contribution >= 4 is 41.3 Å². The molecule has 4 rings (SSSR count). The third kappa shape index (κ3) is 4.81. The Kier molecular flexibility index (Phi) is 6.24. The highest BCUT2D eigenvalue weighted by Gasteiger charge is 2.24. The number of hydrogen-bond acceptors (Lipinski definition) is 5. The number of nitrogens with two attached hydrogens (primary N) is 1. The molecule has 2 aromatic heterocycles. The number of pyridine rings is 1. The SMILES string of the molecule is Cc1ccccc1P(=O)(O)Cc1ccc(C(=O)Nc2cc(-c3cccs3)ccc2N)cn1. The zero-order chi connectivity index (χ0) is 22.7. The molecule has 1 amide bonds. The summed E-state index contributed by atoms with van der Waals surface area (Å²) in [7, 11) is -3.61. The molecule has 0 saturated heterocycles. The van der Waals surface area contributed by atoms with Crippen molar-refractivity contribution in [3.63, 3.8) is 0 Å². The van der Waals surface area contributed by atoms with Crippen molar-refractivity contribution < 1.29 is 14.3 Å².